The Bertz CT molecular complexity index is 443. The molecule has 0 spiro atoms. The van der Waals surface area contributed by atoms with Crippen LogP contribution in [0.3, 0.4) is 0 Å². The van der Waals surface area contributed by atoms with Gasteiger partial charge >= 0.3 is 5.97 Å². The topological polar surface area (TPSA) is 55.4 Å². The largest absolute Gasteiger partial charge is 0.468 e. The van der Waals surface area contributed by atoms with E-state index in [1.165, 1.54) is 7.11 Å². The van der Waals surface area contributed by atoms with E-state index in [9.17, 15) is 9.59 Å². The summed E-state index contributed by atoms with van der Waals surface area (Å²) in [7, 11) is 1.29. The molecule has 1 amide bonds. The van der Waals surface area contributed by atoms with Gasteiger partial charge in [0.2, 0.25) is 5.91 Å². The molecule has 0 aromatic heterocycles. The number of ether oxygens (including phenoxy) is 1. The van der Waals surface area contributed by atoms with Crippen LogP contribution in [-0.4, -0.2) is 25.5 Å². The van der Waals surface area contributed by atoms with Crippen LogP contribution in [0.5, 0.6) is 0 Å². The Labute approximate surface area is 118 Å². The fourth-order valence-electron chi connectivity index (χ4n) is 1.85. The fraction of sp³-hybridized carbons (Fsp3) is 0.429. The van der Waals surface area contributed by atoms with Gasteiger partial charge in [0.25, 0.3) is 0 Å². The van der Waals surface area contributed by atoms with E-state index in [4.69, 9.17) is 11.6 Å². The highest BCUT2D eigenvalue weighted by Crippen LogP contribution is 2.25. The summed E-state index contributed by atoms with van der Waals surface area (Å²) in [5.41, 5.74) is 0.877. The van der Waals surface area contributed by atoms with Crippen molar-refractivity contribution >= 4 is 23.5 Å². The first-order valence-corrected chi connectivity index (χ1v) is 6.43. The van der Waals surface area contributed by atoms with Gasteiger partial charge in [0.05, 0.1) is 13.0 Å². The second kappa shape index (κ2) is 7.14. The quantitative estimate of drug-likeness (QED) is 0.844. The van der Waals surface area contributed by atoms with Crippen LogP contribution < -0.4 is 5.32 Å². The van der Waals surface area contributed by atoms with Crippen molar-refractivity contribution in [2.45, 2.75) is 19.8 Å². The molecule has 0 radical (unpaired) electrons. The predicted molar refractivity (Wildman–Crippen MR) is 74.1 cm³/mol. The van der Waals surface area contributed by atoms with Gasteiger partial charge in [-0.1, -0.05) is 37.6 Å². The number of carbonyl (C=O) groups is 2. The van der Waals surface area contributed by atoms with Crippen LogP contribution in [0.2, 0.25) is 5.02 Å². The van der Waals surface area contributed by atoms with Gasteiger partial charge in [-0.25, -0.2) is 0 Å². The Balaban J connectivity index is 2.80. The number of halogens is 1. The monoisotopic (exact) mass is 283 g/mol. The highest BCUT2D eigenvalue weighted by Gasteiger charge is 2.24. The van der Waals surface area contributed by atoms with Gasteiger partial charge in [-0.2, -0.15) is 0 Å². The highest BCUT2D eigenvalue weighted by molar-refractivity contribution is 6.30. The molecule has 0 saturated carbocycles. The highest BCUT2D eigenvalue weighted by atomic mass is 35.5. The third-order valence-corrected chi connectivity index (χ3v) is 3.06. The number of esters is 1. The van der Waals surface area contributed by atoms with Crippen molar-refractivity contribution in [3.8, 4) is 0 Å². The SMILES string of the molecule is COC(=O)CNC(=O)C(c1ccc(Cl)cc1)C(C)C. The van der Waals surface area contributed by atoms with Crippen molar-refractivity contribution in [1.82, 2.24) is 5.32 Å². The molecule has 4 nitrogen and oxygen atoms in total. The Morgan fingerprint density at radius 3 is 2.32 bits per heavy atom. The van der Waals surface area contributed by atoms with Crippen LogP contribution in [0.15, 0.2) is 24.3 Å². The summed E-state index contributed by atoms with van der Waals surface area (Å²) in [6, 6.07) is 7.15. The van der Waals surface area contributed by atoms with E-state index in [0.717, 1.165) is 5.56 Å². The van der Waals surface area contributed by atoms with Gasteiger partial charge in [-0.3, -0.25) is 9.59 Å². The lowest BCUT2D eigenvalue weighted by Crippen LogP contribution is -2.35. The van der Waals surface area contributed by atoms with Crippen molar-refractivity contribution in [2.24, 2.45) is 5.92 Å². The lowest BCUT2D eigenvalue weighted by Gasteiger charge is -2.20. The van der Waals surface area contributed by atoms with E-state index in [1.54, 1.807) is 12.1 Å². The molecule has 0 aliphatic rings. The maximum atomic E-state index is 12.1. The summed E-state index contributed by atoms with van der Waals surface area (Å²) in [5, 5.41) is 3.21. The maximum absolute atomic E-state index is 12.1. The van der Waals surface area contributed by atoms with E-state index in [0.29, 0.717) is 5.02 Å². The minimum absolute atomic E-state index is 0.110. The molecule has 5 heteroatoms. The number of hydrogen-bond acceptors (Lipinski definition) is 3. The second-order valence-corrected chi connectivity index (χ2v) is 5.00. The number of rotatable bonds is 5. The summed E-state index contributed by atoms with van der Waals surface area (Å²) >= 11 is 5.84. The molecule has 1 aromatic carbocycles. The van der Waals surface area contributed by atoms with Gasteiger partial charge in [-0.05, 0) is 23.6 Å². The van der Waals surface area contributed by atoms with Crippen LogP contribution in [-0.2, 0) is 14.3 Å². The summed E-state index contributed by atoms with van der Waals surface area (Å²) in [6.07, 6.45) is 0. The van der Waals surface area contributed by atoms with Crippen LogP contribution in [0.4, 0.5) is 0 Å². The molecule has 0 aliphatic carbocycles. The van der Waals surface area contributed by atoms with Crippen LogP contribution >= 0.6 is 11.6 Å². The van der Waals surface area contributed by atoms with Crippen molar-refractivity contribution in [3.63, 3.8) is 0 Å². The van der Waals surface area contributed by atoms with Crippen LogP contribution in [0, 0.1) is 5.92 Å². The molecule has 0 bridgehead atoms. The third-order valence-electron chi connectivity index (χ3n) is 2.81. The Morgan fingerprint density at radius 2 is 1.84 bits per heavy atom. The fourth-order valence-corrected chi connectivity index (χ4v) is 1.98. The molecule has 19 heavy (non-hydrogen) atoms. The minimum Gasteiger partial charge on any atom is -0.468 e. The molecule has 0 fully saturated rings. The number of methoxy groups -OCH3 is 1. The van der Waals surface area contributed by atoms with E-state index in [1.807, 2.05) is 26.0 Å². The average molecular weight is 284 g/mol. The number of benzene rings is 1. The zero-order valence-corrected chi connectivity index (χ0v) is 12.0. The molecule has 1 aromatic rings. The van der Waals surface area contributed by atoms with Crippen molar-refractivity contribution in [1.29, 1.82) is 0 Å². The molecule has 0 aliphatic heterocycles. The molecule has 1 unspecified atom stereocenters. The Kier molecular flexibility index (Phi) is 5.83. The molecule has 1 rings (SSSR count). The zero-order chi connectivity index (χ0) is 14.4. The summed E-state index contributed by atoms with van der Waals surface area (Å²) in [6.45, 7) is 3.79. The Morgan fingerprint density at radius 1 is 1.26 bits per heavy atom. The minimum atomic E-state index is -0.466. The molecule has 1 atom stereocenters. The van der Waals surface area contributed by atoms with E-state index < -0.39 is 5.97 Å². The van der Waals surface area contributed by atoms with Crippen molar-refractivity contribution < 1.29 is 14.3 Å². The van der Waals surface area contributed by atoms with Crippen LogP contribution in [0.1, 0.15) is 25.3 Å². The lowest BCUT2D eigenvalue weighted by molar-refractivity contribution is -0.141. The summed E-state index contributed by atoms with van der Waals surface area (Å²) in [5.74, 6) is -0.865. The van der Waals surface area contributed by atoms with Crippen molar-refractivity contribution in [2.75, 3.05) is 13.7 Å². The van der Waals surface area contributed by atoms with Crippen LogP contribution in [0.25, 0.3) is 0 Å². The molecular formula is C14H18ClNO3. The summed E-state index contributed by atoms with van der Waals surface area (Å²) < 4.78 is 4.49. The van der Waals surface area contributed by atoms with Gasteiger partial charge in [0.1, 0.15) is 6.54 Å². The third kappa shape index (κ3) is 4.56. The first-order valence-electron chi connectivity index (χ1n) is 6.05. The molecule has 104 valence electrons. The summed E-state index contributed by atoms with van der Waals surface area (Å²) in [4.78, 5) is 23.2. The first-order chi connectivity index (χ1) is 8.95. The molecular weight excluding hydrogens is 266 g/mol. The van der Waals surface area contributed by atoms with E-state index in [-0.39, 0.29) is 24.3 Å². The lowest BCUT2D eigenvalue weighted by atomic mass is 9.87. The van der Waals surface area contributed by atoms with Gasteiger partial charge < -0.3 is 10.1 Å². The number of nitrogens with one attached hydrogen (secondary N) is 1. The zero-order valence-electron chi connectivity index (χ0n) is 11.3. The van der Waals surface area contributed by atoms with Gasteiger partial charge in [0.15, 0.2) is 0 Å². The van der Waals surface area contributed by atoms with Crippen molar-refractivity contribution in [3.05, 3.63) is 34.9 Å². The van der Waals surface area contributed by atoms with Gasteiger partial charge in [0, 0.05) is 5.02 Å². The predicted octanol–water partition coefficient (Wildman–Crippen LogP) is 2.37. The molecule has 0 saturated heterocycles. The van der Waals surface area contributed by atoms with E-state index >= 15 is 0 Å². The number of hydrogen-bond donors (Lipinski definition) is 1. The maximum Gasteiger partial charge on any atom is 0.325 e. The van der Waals surface area contributed by atoms with Gasteiger partial charge in [-0.15, -0.1) is 0 Å². The normalized spacial score (nSPS) is 12.1. The number of carbonyl (C=O) groups excluding carboxylic acids is 2. The molecule has 0 heterocycles. The first kappa shape index (κ1) is 15.5. The number of amides is 1. The average Bonchev–Trinajstić information content (AvgIpc) is 2.38. The Hall–Kier alpha value is -1.55. The van der Waals surface area contributed by atoms with E-state index in [2.05, 4.69) is 10.1 Å². The second-order valence-electron chi connectivity index (χ2n) is 4.57. The smallest absolute Gasteiger partial charge is 0.325 e. The molecule has 1 N–H and O–H groups in total. The standard InChI is InChI=1S/C14H18ClNO3/c1-9(2)13(10-4-6-11(15)7-5-10)14(18)16-8-12(17)19-3/h4-7,9,13H,8H2,1-3H3,(H,16,18).